The molecule has 1 heterocycles. The molecule has 0 aliphatic carbocycles. The Morgan fingerprint density at radius 2 is 1.52 bits per heavy atom. The van der Waals surface area contributed by atoms with Gasteiger partial charge in [-0.2, -0.15) is 5.06 Å². The van der Waals surface area contributed by atoms with E-state index in [0.717, 1.165) is 11.1 Å². The molecule has 2 aromatic rings. The van der Waals surface area contributed by atoms with Crippen molar-refractivity contribution in [2.24, 2.45) is 0 Å². The molecule has 4 nitrogen and oxygen atoms in total. The highest BCUT2D eigenvalue weighted by atomic mass is 16.7. The molecule has 1 atom stereocenters. The second-order valence-electron chi connectivity index (χ2n) is 6.08. The van der Waals surface area contributed by atoms with Gasteiger partial charge < -0.3 is 4.74 Å². The highest BCUT2D eigenvalue weighted by Crippen LogP contribution is 2.49. The lowest BCUT2D eigenvalue weighted by Crippen LogP contribution is -2.39. The number of nitrogens with zero attached hydrogens (tertiary/aromatic N) is 1. The van der Waals surface area contributed by atoms with E-state index >= 15 is 0 Å². The van der Waals surface area contributed by atoms with E-state index < -0.39 is 11.1 Å². The fraction of sp³-hybridized carbons (Fsp3) is 0.316. The monoisotopic (exact) mass is 311 g/mol. The molecule has 4 heteroatoms. The van der Waals surface area contributed by atoms with Crippen molar-refractivity contribution < 1.29 is 14.4 Å². The van der Waals surface area contributed by atoms with Gasteiger partial charge in [-0.05, 0) is 18.1 Å². The third-order valence-electron chi connectivity index (χ3n) is 4.59. The minimum atomic E-state index is -1.02. The van der Waals surface area contributed by atoms with Crippen LogP contribution in [0.5, 0.6) is 0 Å². The summed E-state index contributed by atoms with van der Waals surface area (Å²) in [4.78, 5) is 18.2. The minimum absolute atomic E-state index is 0.363. The summed E-state index contributed by atoms with van der Waals surface area (Å²) in [5, 5.41) is 1.79. The lowest BCUT2D eigenvalue weighted by molar-refractivity contribution is -0.212. The summed E-state index contributed by atoms with van der Waals surface area (Å²) in [5.41, 5.74) is 0.614. The van der Waals surface area contributed by atoms with E-state index in [-0.39, 0.29) is 5.97 Å². The van der Waals surface area contributed by atoms with Crippen molar-refractivity contribution in [3.05, 3.63) is 71.8 Å². The first-order chi connectivity index (χ1) is 11.0. The molecule has 1 fully saturated rings. The van der Waals surface area contributed by atoms with Gasteiger partial charge in [0.25, 0.3) is 0 Å². The summed E-state index contributed by atoms with van der Waals surface area (Å²) in [7, 11) is 3.26. The molecule has 120 valence electrons. The van der Waals surface area contributed by atoms with Gasteiger partial charge >= 0.3 is 5.97 Å². The van der Waals surface area contributed by atoms with Gasteiger partial charge in [-0.15, -0.1) is 0 Å². The Morgan fingerprint density at radius 3 is 1.96 bits per heavy atom. The number of benzene rings is 2. The maximum atomic E-state index is 12.3. The van der Waals surface area contributed by atoms with Gasteiger partial charge in [0.2, 0.25) is 0 Å². The molecule has 0 saturated carbocycles. The summed E-state index contributed by atoms with van der Waals surface area (Å²) in [6.45, 7) is 1.78. The van der Waals surface area contributed by atoms with Crippen molar-refractivity contribution in [1.29, 1.82) is 0 Å². The van der Waals surface area contributed by atoms with Crippen LogP contribution in [0.3, 0.4) is 0 Å². The van der Waals surface area contributed by atoms with Gasteiger partial charge in [0.05, 0.1) is 12.6 Å². The Labute approximate surface area is 136 Å². The standard InChI is InChI=1S/C19H21NO3/c1-18(17(21)22-3)14-19(20(2)23-18,15-10-6-4-7-11-15)16-12-8-5-9-13-16/h4-13H,14H2,1-3H3. The predicted molar refractivity (Wildman–Crippen MR) is 87.6 cm³/mol. The first kappa shape index (κ1) is 15.7. The van der Waals surface area contributed by atoms with Crippen LogP contribution < -0.4 is 0 Å². The molecule has 1 aliphatic heterocycles. The van der Waals surface area contributed by atoms with Gasteiger partial charge in [0.15, 0.2) is 5.60 Å². The number of rotatable bonds is 3. The first-order valence-electron chi connectivity index (χ1n) is 7.65. The zero-order valence-corrected chi connectivity index (χ0v) is 13.7. The van der Waals surface area contributed by atoms with Crippen molar-refractivity contribution in [3.63, 3.8) is 0 Å². The van der Waals surface area contributed by atoms with Crippen molar-refractivity contribution in [2.45, 2.75) is 24.5 Å². The van der Waals surface area contributed by atoms with Crippen LogP contribution in [-0.2, 0) is 19.9 Å². The topological polar surface area (TPSA) is 38.8 Å². The smallest absolute Gasteiger partial charge is 0.340 e. The van der Waals surface area contributed by atoms with Crippen LogP contribution in [0.2, 0.25) is 0 Å². The van der Waals surface area contributed by atoms with Crippen LogP contribution >= 0.6 is 0 Å². The Balaban J connectivity index is 2.17. The zero-order chi connectivity index (χ0) is 16.5. The molecule has 0 bridgehead atoms. The van der Waals surface area contributed by atoms with E-state index in [4.69, 9.17) is 9.57 Å². The highest BCUT2D eigenvalue weighted by Gasteiger charge is 2.57. The summed E-state index contributed by atoms with van der Waals surface area (Å²) in [6, 6.07) is 20.2. The maximum Gasteiger partial charge on any atom is 0.340 e. The van der Waals surface area contributed by atoms with Crippen molar-refractivity contribution in [2.75, 3.05) is 14.2 Å². The second-order valence-corrected chi connectivity index (χ2v) is 6.08. The average molecular weight is 311 g/mol. The highest BCUT2D eigenvalue weighted by molar-refractivity contribution is 5.79. The van der Waals surface area contributed by atoms with E-state index in [1.54, 1.807) is 12.0 Å². The quantitative estimate of drug-likeness (QED) is 0.816. The van der Waals surface area contributed by atoms with E-state index in [2.05, 4.69) is 24.3 Å². The Hall–Kier alpha value is -2.17. The average Bonchev–Trinajstić information content (AvgIpc) is 2.88. The van der Waals surface area contributed by atoms with E-state index in [1.807, 2.05) is 43.4 Å². The summed E-state index contributed by atoms with van der Waals surface area (Å²) in [6.07, 6.45) is 0.483. The SMILES string of the molecule is COC(=O)C1(C)CC(c2ccccc2)(c2ccccc2)N(C)O1. The van der Waals surface area contributed by atoms with Crippen molar-refractivity contribution in [1.82, 2.24) is 5.06 Å². The molecule has 0 spiro atoms. The van der Waals surface area contributed by atoms with E-state index in [0.29, 0.717) is 6.42 Å². The van der Waals surface area contributed by atoms with Gasteiger partial charge in [0, 0.05) is 13.5 Å². The molecular weight excluding hydrogens is 290 g/mol. The summed E-state index contributed by atoms with van der Waals surface area (Å²) < 4.78 is 4.96. The lowest BCUT2D eigenvalue weighted by Gasteiger charge is -2.35. The molecule has 0 amide bonds. The predicted octanol–water partition coefficient (Wildman–Crippen LogP) is 3.13. The fourth-order valence-electron chi connectivity index (χ4n) is 3.50. The number of hydroxylamine groups is 2. The molecule has 1 unspecified atom stereocenters. The lowest BCUT2D eigenvalue weighted by atomic mass is 9.76. The van der Waals surface area contributed by atoms with Crippen LogP contribution in [0.15, 0.2) is 60.7 Å². The van der Waals surface area contributed by atoms with E-state index in [1.165, 1.54) is 7.11 Å². The fourth-order valence-corrected chi connectivity index (χ4v) is 3.50. The molecule has 1 saturated heterocycles. The van der Waals surface area contributed by atoms with Crippen LogP contribution in [-0.4, -0.2) is 30.8 Å². The minimum Gasteiger partial charge on any atom is -0.467 e. The molecule has 3 rings (SSSR count). The van der Waals surface area contributed by atoms with Crippen LogP contribution in [0.1, 0.15) is 24.5 Å². The Morgan fingerprint density at radius 1 is 1.04 bits per heavy atom. The van der Waals surface area contributed by atoms with Crippen LogP contribution in [0.25, 0.3) is 0 Å². The van der Waals surface area contributed by atoms with Gasteiger partial charge in [0.1, 0.15) is 0 Å². The van der Waals surface area contributed by atoms with Gasteiger partial charge in [-0.25, -0.2) is 4.79 Å². The largest absolute Gasteiger partial charge is 0.467 e. The molecule has 0 radical (unpaired) electrons. The normalized spacial score (nSPS) is 23.6. The molecule has 1 aliphatic rings. The molecular formula is C19H21NO3. The summed E-state index contributed by atoms with van der Waals surface area (Å²) in [5.74, 6) is -0.363. The first-order valence-corrected chi connectivity index (χ1v) is 7.65. The Bertz CT molecular complexity index is 647. The number of carbonyl (C=O) groups excluding carboxylic acids is 1. The zero-order valence-electron chi connectivity index (χ0n) is 13.7. The van der Waals surface area contributed by atoms with Crippen molar-refractivity contribution in [3.8, 4) is 0 Å². The number of ether oxygens (including phenoxy) is 1. The third-order valence-corrected chi connectivity index (χ3v) is 4.59. The molecule has 2 aromatic carbocycles. The van der Waals surface area contributed by atoms with Crippen LogP contribution in [0, 0.1) is 0 Å². The number of carbonyl (C=O) groups is 1. The van der Waals surface area contributed by atoms with Gasteiger partial charge in [-0.3, -0.25) is 4.84 Å². The summed E-state index contributed by atoms with van der Waals surface area (Å²) >= 11 is 0. The van der Waals surface area contributed by atoms with Crippen LogP contribution in [0.4, 0.5) is 0 Å². The Kier molecular flexibility index (Phi) is 3.96. The molecule has 0 N–H and O–H groups in total. The number of hydrogen-bond donors (Lipinski definition) is 0. The third kappa shape index (κ3) is 2.44. The van der Waals surface area contributed by atoms with Gasteiger partial charge in [-0.1, -0.05) is 60.7 Å². The number of esters is 1. The van der Waals surface area contributed by atoms with E-state index in [9.17, 15) is 4.79 Å². The number of methoxy groups -OCH3 is 1. The molecule has 0 aromatic heterocycles. The van der Waals surface area contributed by atoms with Crippen molar-refractivity contribution >= 4 is 5.97 Å². The molecule has 23 heavy (non-hydrogen) atoms. The second kappa shape index (κ2) is 5.80. The maximum absolute atomic E-state index is 12.3. The number of hydrogen-bond acceptors (Lipinski definition) is 4.